The van der Waals surface area contributed by atoms with Crippen LogP contribution < -0.4 is 0 Å². The SMILES string of the molecule is CCC(CC)N(CCCl)C(=O)c1cc(I)ccc1Br. The van der Waals surface area contributed by atoms with E-state index in [4.69, 9.17) is 11.6 Å². The van der Waals surface area contributed by atoms with Crippen molar-refractivity contribution in [2.45, 2.75) is 32.7 Å². The van der Waals surface area contributed by atoms with Gasteiger partial charge in [0.25, 0.3) is 5.91 Å². The third kappa shape index (κ3) is 4.60. The van der Waals surface area contributed by atoms with E-state index in [-0.39, 0.29) is 11.9 Å². The molecule has 0 heterocycles. The fraction of sp³-hybridized carbons (Fsp3) is 0.500. The Bertz CT molecular complexity index is 437. The molecule has 2 nitrogen and oxygen atoms in total. The first-order valence-electron chi connectivity index (χ1n) is 6.37. The van der Waals surface area contributed by atoms with Crippen LogP contribution >= 0.6 is 50.1 Å². The second-order valence-corrected chi connectivity index (χ2v) is 6.76. The summed E-state index contributed by atoms with van der Waals surface area (Å²) < 4.78 is 1.89. The smallest absolute Gasteiger partial charge is 0.255 e. The van der Waals surface area contributed by atoms with Crippen molar-refractivity contribution in [3.05, 3.63) is 31.8 Å². The van der Waals surface area contributed by atoms with Gasteiger partial charge in [0.2, 0.25) is 0 Å². The van der Waals surface area contributed by atoms with Crippen molar-refractivity contribution >= 4 is 56.0 Å². The maximum absolute atomic E-state index is 12.7. The van der Waals surface area contributed by atoms with Crippen LogP contribution in [0, 0.1) is 3.57 Å². The van der Waals surface area contributed by atoms with Gasteiger partial charge in [0.15, 0.2) is 0 Å². The molecule has 19 heavy (non-hydrogen) atoms. The fourth-order valence-corrected chi connectivity index (χ4v) is 3.18. The number of carbonyl (C=O) groups excluding carboxylic acids is 1. The molecule has 0 saturated heterocycles. The Morgan fingerprint density at radius 1 is 1.42 bits per heavy atom. The number of amides is 1. The first-order chi connectivity index (χ1) is 9.04. The van der Waals surface area contributed by atoms with E-state index in [1.807, 2.05) is 23.1 Å². The second-order valence-electron chi connectivity index (χ2n) is 4.28. The van der Waals surface area contributed by atoms with Gasteiger partial charge < -0.3 is 4.90 Å². The van der Waals surface area contributed by atoms with Gasteiger partial charge in [0.1, 0.15) is 0 Å². The number of carbonyl (C=O) groups is 1. The summed E-state index contributed by atoms with van der Waals surface area (Å²) in [5.41, 5.74) is 0.712. The van der Waals surface area contributed by atoms with Crippen LogP contribution in [0.1, 0.15) is 37.0 Å². The third-order valence-electron chi connectivity index (χ3n) is 3.13. The highest BCUT2D eigenvalue weighted by Crippen LogP contribution is 2.23. The average Bonchev–Trinajstić information content (AvgIpc) is 2.41. The Hall–Kier alpha value is 0.190. The zero-order chi connectivity index (χ0) is 14.4. The van der Waals surface area contributed by atoms with Gasteiger partial charge in [0.05, 0.1) is 5.56 Å². The Balaban J connectivity index is 3.08. The van der Waals surface area contributed by atoms with Gasteiger partial charge in [-0.2, -0.15) is 0 Å². The molecule has 1 rings (SSSR count). The molecule has 1 amide bonds. The number of rotatable bonds is 6. The fourth-order valence-electron chi connectivity index (χ4n) is 2.09. The molecule has 0 bridgehead atoms. The summed E-state index contributed by atoms with van der Waals surface area (Å²) in [6.07, 6.45) is 1.89. The van der Waals surface area contributed by atoms with Crippen molar-refractivity contribution in [3.8, 4) is 0 Å². The first-order valence-corrected chi connectivity index (χ1v) is 8.77. The number of nitrogens with zero attached hydrogens (tertiary/aromatic N) is 1. The average molecular weight is 459 g/mol. The minimum atomic E-state index is 0.0553. The van der Waals surface area contributed by atoms with Gasteiger partial charge in [0, 0.05) is 26.5 Å². The summed E-state index contributed by atoms with van der Waals surface area (Å²) in [4.78, 5) is 14.6. The molecule has 0 N–H and O–H groups in total. The molecular weight excluding hydrogens is 440 g/mol. The summed E-state index contributed by atoms with van der Waals surface area (Å²) in [5, 5.41) is 0. The van der Waals surface area contributed by atoms with Gasteiger partial charge in [-0.05, 0) is 69.6 Å². The summed E-state index contributed by atoms with van der Waals surface area (Å²) in [6.45, 7) is 4.80. The molecule has 5 heteroatoms. The van der Waals surface area contributed by atoms with Crippen LogP contribution in [-0.4, -0.2) is 29.3 Å². The van der Waals surface area contributed by atoms with Crippen molar-refractivity contribution in [1.82, 2.24) is 4.90 Å². The zero-order valence-electron chi connectivity index (χ0n) is 11.1. The topological polar surface area (TPSA) is 20.3 Å². The van der Waals surface area contributed by atoms with Gasteiger partial charge >= 0.3 is 0 Å². The van der Waals surface area contributed by atoms with Crippen LogP contribution in [-0.2, 0) is 0 Å². The maximum atomic E-state index is 12.7. The molecule has 1 aromatic rings. The van der Waals surface area contributed by atoms with E-state index in [0.29, 0.717) is 18.0 Å². The molecule has 0 atom stereocenters. The summed E-state index contributed by atoms with van der Waals surface area (Å²) in [6, 6.07) is 6.05. The molecule has 0 saturated carbocycles. The van der Waals surface area contributed by atoms with Gasteiger partial charge in [-0.25, -0.2) is 0 Å². The Morgan fingerprint density at radius 2 is 2.05 bits per heavy atom. The van der Waals surface area contributed by atoms with Crippen molar-refractivity contribution in [2.24, 2.45) is 0 Å². The number of halogens is 3. The van der Waals surface area contributed by atoms with Gasteiger partial charge in [-0.1, -0.05) is 13.8 Å². The molecule has 0 unspecified atom stereocenters. The normalized spacial score (nSPS) is 10.8. The highest BCUT2D eigenvalue weighted by molar-refractivity contribution is 14.1. The van der Waals surface area contributed by atoms with Gasteiger partial charge in [-0.15, -0.1) is 11.6 Å². The quantitative estimate of drug-likeness (QED) is 0.438. The molecule has 0 aromatic heterocycles. The third-order valence-corrected chi connectivity index (χ3v) is 4.66. The molecule has 1 aromatic carbocycles. The number of hydrogen-bond donors (Lipinski definition) is 0. The van der Waals surface area contributed by atoms with E-state index >= 15 is 0 Å². The molecule has 0 aliphatic heterocycles. The Morgan fingerprint density at radius 3 is 2.58 bits per heavy atom. The maximum Gasteiger partial charge on any atom is 0.255 e. The Kier molecular flexibility index (Phi) is 7.69. The molecule has 0 radical (unpaired) electrons. The zero-order valence-corrected chi connectivity index (χ0v) is 15.6. The minimum absolute atomic E-state index is 0.0553. The van der Waals surface area contributed by atoms with E-state index in [1.165, 1.54) is 0 Å². The van der Waals surface area contributed by atoms with Crippen molar-refractivity contribution in [3.63, 3.8) is 0 Å². The van der Waals surface area contributed by atoms with Crippen LogP contribution in [0.25, 0.3) is 0 Å². The van der Waals surface area contributed by atoms with Crippen molar-refractivity contribution in [2.75, 3.05) is 12.4 Å². The lowest BCUT2D eigenvalue weighted by molar-refractivity contribution is 0.0680. The van der Waals surface area contributed by atoms with Crippen LogP contribution in [0.3, 0.4) is 0 Å². The van der Waals surface area contributed by atoms with Crippen molar-refractivity contribution in [1.29, 1.82) is 0 Å². The van der Waals surface area contributed by atoms with Crippen LogP contribution in [0.4, 0.5) is 0 Å². The van der Waals surface area contributed by atoms with E-state index in [0.717, 1.165) is 20.9 Å². The molecule has 0 fully saturated rings. The molecule has 0 spiro atoms. The molecule has 0 aliphatic rings. The molecule has 0 aliphatic carbocycles. The van der Waals surface area contributed by atoms with E-state index in [9.17, 15) is 4.79 Å². The minimum Gasteiger partial charge on any atom is -0.334 e. The lowest BCUT2D eigenvalue weighted by atomic mass is 10.1. The predicted molar refractivity (Wildman–Crippen MR) is 93.0 cm³/mol. The van der Waals surface area contributed by atoms with Crippen LogP contribution in [0.5, 0.6) is 0 Å². The van der Waals surface area contributed by atoms with E-state index in [2.05, 4.69) is 52.4 Å². The van der Waals surface area contributed by atoms with E-state index in [1.54, 1.807) is 0 Å². The van der Waals surface area contributed by atoms with Gasteiger partial charge in [-0.3, -0.25) is 4.79 Å². The number of alkyl halides is 1. The largest absolute Gasteiger partial charge is 0.334 e. The first kappa shape index (κ1) is 17.2. The summed E-state index contributed by atoms with van der Waals surface area (Å²) in [5.74, 6) is 0.517. The highest BCUT2D eigenvalue weighted by Gasteiger charge is 2.23. The second kappa shape index (κ2) is 8.47. The molecule has 106 valence electrons. The lowest BCUT2D eigenvalue weighted by Crippen LogP contribution is -2.41. The predicted octanol–water partition coefficient (Wildman–Crippen LogP) is 4.92. The number of benzene rings is 1. The summed E-state index contributed by atoms with van der Waals surface area (Å²) in [7, 11) is 0. The summed E-state index contributed by atoms with van der Waals surface area (Å²) >= 11 is 11.5. The van der Waals surface area contributed by atoms with Crippen LogP contribution in [0.2, 0.25) is 0 Å². The Labute approximate surface area is 142 Å². The lowest BCUT2D eigenvalue weighted by Gasteiger charge is -2.30. The van der Waals surface area contributed by atoms with Crippen molar-refractivity contribution < 1.29 is 4.79 Å². The van der Waals surface area contributed by atoms with E-state index < -0.39 is 0 Å². The number of hydrogen-bond acceptors (Lipinski definition) is 1. The van der Waals surface area contributed by atoms with Crippen LogP contribution in [0.15, 0.2) is 22.7 Å². The highest BCUT2D eigenvalue weighted by atomic mass is 127. The monoisotopic (exact) mass is 457 g/mol. The molecular formula is C14H18BrClINO. The standard InChI is InChI=1S/C14H18BrClINO/c1-3-11(4-2)18(8-7-16)14(19)12-9-10(17)5-6-13(12)15/h5-6,9,11H,3-4,7-8H2,1-2H3.